The standard InChI is InChI=1S/C59H105NO5/c1-4-7-10-13-16-19-22-25-28-29-31-32-35-38-41-44-47-50-55(65-59(64)52-49-46-43-40-37-34-27-24-21-18-15-12-9-6-3)53-58(63)60-56(54-61)57(62)51-48-45-42-39-36-33-30-26-23-20-17-14-11-8-5-2/h9,12,16,18-19,21,25,28,31-32,38,41,55-57,61-62H,4-8,10-11,13-15,17,20,22-24,26-27,29-30,33-37,39-40,42-54H2,1-3H3,(H,60,63)/b12-9+,19-16-,21-18+,28-25-,32-31-,41-38-. The Labute approximate surface area is 402 Å². The van der Waals surface area contributed by atoms with E-state index in [1.165, 1.54) is 128 Å². The number of rotatable bonds is 49. The van der Waals surface area contributed by atoms with Crippen LogP contribution in [0, 0.1) is 0 Å². The lowest BCUT2D eigenvalue weighted by molar-refractivity contribution is -0.151. The lowest BCUT2D eigenvalue weighted by Gasteiger charge is -2.24. The molecular formula is C59H105NO5. The highest BCUT2D eigenvalue weighted by Crippen LogP contribution is 2.17. The number of carbonyl (C=O) groups is 2. The maximum absolute atomic E-state index is 13.2. The van der Waals surface area contributed by atoms with Crippen LogP contribution in [-0.2, 0) is 14.3 Å². The number of unbranched alkanes of at least 4 members (excludes halogenated alkanes) is 25. The number of carbonyl (C=O) groups excluding carboxylic acids is 2. The van der Waals surface area contributed by atoms with Crippen LogP contribution >= 0.6 is 0 Å². The fourth-order valence-corrected chi connectivity index (χ4v) is 8.10. The van der Waals surface area contributed by atoms with Gasteiger partial charge in [0, 0.05) is 6.42 Å². The first kappa shape index (κ1) is 62.3. The number of hydrogen-bond acceptors (Lipinski definition) is 5. The molecule has 6 nitrogen and oxygen atoms in total. The SMILES string of the molecule is CC/C=C/C/C=C/CCCCCCCCCC(=O)OC(CCC/C=C\C/C=C\C/C=C\C/C=C\CCCCC)CC(=O)NC(CO)C(O)CCCCCCCCCCCCCCCCC. The number of hydrogen-bond donors (Lipinski definition) is 3. The molecule has 0 rings (SSSR count). The minimum absolute atomic E-state index is 0.0349. The van der Waals surface area contributed by atoms with Gasteiger partial charge in [0.25, 0.3) is 0 Å². The zero-order chi connectivity index (χ0) is 47.4. The van der Waals surface area contributed by atoms with Crippen molar-refractivity contribution in [1.82, 2.24) is 5.32 Å². The molecule has 0 aliphatic rings. The second-order valence-corrected chi connectivity index (χ2v) is 18.6. The molecule has 0 heterocycles. The van der Waals surface area contributed by atoms with E-state index in [0.29, 0.717) is 19.3 Å². The molecule has 65 heavy (non-hydrogen) atoms. The van der Waals surface area contributed by atoms with E-state index in [1.807, 2.05) is 0 Å². The van der Waals surface area contributed by atoms with Crippen molar-refractivity contribution in [3.05, 3.63) is 72.9 Å². The Balaban J connectivity index is 4.67. The molecule has 0 aromatic heterocycles. The molecular weight excluding hydrogens is 803 g/mol. The average Bonchev–Trinajstić information content (AvgIpc) is 3.30. The van der Waals surface area contributed by atoms with Gasteiger partial charge in [-0.05, 0) is 89.9 Å². The summed E-state index contributed by atoms with van der Waals surface area (Å²) in [5.41, 5.74) is 0. The van der Waals surface area contributed by atoms with Crippen LogP contribution in [0.2, 0.25) is 0 Å². The minimum atomic E-state index is -0.806. The summed E-state index contributed by atoms with van der Waals surface area (Å²) in [6.07, 6.45) is 66.8. The van der Waals surface area contributed by atoms with E-state index < -0.39 is 18.2 Å². The van der Waals surface area contributed by atoms with Crippen molar-refractivity contribution >= 4 is 11.9 Å². The molecule has 3 N–H and O–H groups in total. The van der Waals surface area contributed by atoms with E-state index in [9.17, 15) is 19.8 Å². The van der Waals surface area contributed by atoms with E-state index in [0.717, 1.165) is 89.9 Å². The first-order valence-corrected chi connectivity index (χ1v) is 27.7. The number of amides is 1. The van der Waals surface area contributed by atoms with Gasteiger partial charge in [0.1, 0.15) is 6.10 Å². The Morgan fingerprint density at radius 2 is 0.846 bits per heavy atom. The van der Waals surface area contributed by atoms with Crippen molar-refractivity contribution in [3.63, 3.8) is 0 Å². The number of esters is 1. The maximum Gasteiger partial charge on any atom is 0.306 e. The van der Waals surface area contributed by atoms with E-state index in [-0.39, 0.29) is 24.9 Å². The minimum Gasteiger partial charge on any atom is -0.462 e. The maximum atomic E-state index is 13.2. The Bertz CT molecular complexity index is 1200. The zero-order valence-electron chi connectivity index (χ0n) is 42.9. The summed E-state index contributed by atoms with van der Waals surface area (Å²) < 4.78 is 5.92. The fraction of sp³-hybridized carbons (Fsp3) is 0.763. The molecule has 376 valence electrons. The van der Waals surface area contributed by atoms with Crippen molar-refractivity contribution in [2.45, 2.75) is 283 Å². The van der Waals surface area contributed by atoms with Gasteiger partial charge < -0.3 is 20.3 Å². The summed E-state index contributed by atoms with van der Waals surface area (Å²) >= 11 is 0. The monoisotopic (exact) mass is 908 g/mol. The van der Waals surface area contributed by atoms with Gasteiger partial charge in [-0.15, -0.1) is 0 Å². The van der Waals surface area contributed by atoms with Crippen LogP contribution in [0.1, 0.15) is 265 Å². The van der Waals surface area contributed by atoms with Crippen molar-refractivity contribution in [2.24, 2.45) is 0 Å². The second kappa shape index (κ2) is 52.3. The summed E-state index contributed by atoms with van der Waals surface area (Å²) in [6.45, 7) is 6.35. The molecule has 0 aromatic rings. The molecule has 0 saturated carbocycles. The molecule has 3 atom stereocenters. The van der Waals surface area contributed by atoms with Crippen LogP contribution < -0.4 is 5.32 Å². The molecule has 0 aromatic carbocycles. The van der Waals surface area contributed by atoms with Crippen LogP contribution in [0.4, 0.5) is 0 Å². The third-order valence-electron chi connectivity index (χ3n) is 12.3. The van der Waals surface area contributed by atoms with E-state index in [4.69, 9.17) is 4.74 Å². The first-order chi connectivity index (χ1) is 32.0. The molecule has 0 aliphatic heterocycles. The largest absolute Gasteiger partial charge is 0.462 e. The zero-order valence-corrected chi connectivity index (χ0v) is 42.9. The van der Waals surface area contributed by atoms with E-state index in [1.54, 1.807) is 0 Å². The van der Waals surface area contributed by atoms with Gasteiger partial charge in [0.2, 0.25) is 5.91 Å². The summed E-state index contributed by atoms with van der Waals surface area (Å²) in [5, 5.41) is 23.8. The summed E-state index contributed by atoms with van der Waals surface area (Å²) in [6, 6.07) is -0.724. The third kappa shape index (κ3) is 47.6. The van der Waals surface area contributed by atoms with E-state index >= 15 is 0 Å². The lowest BCUT2D eigenvalue weighted by Crippen LogP contribution is -2.46. The predicted molar refractivity (Wildman–Crippen MR) is 282 cm³/mol. The lowest BCUT2D eigenvalue weighted by atomic mass is 10.0. The van der Waals surface area contributed by atoms with Crippen LogP contribution in [0.5, 0.6) is 0 Å². The van der Waals surface area contributed by atoms with Gasteiger partial charge in [-0.25, -0.2) is 0 Å². The van der Waals surface area contributed by atoms with Crippen molar-refractivity contribution in [1.29, 1.82) is 0 Å². The topological polar surface area (TPSA) is 95.9 Å². The molecule has 0 aliphatic carbocycles. The normalized spacial score (nSPS) is 13.7. The predicted octanol–water partition coefficient (Wildman–Crippen LogP) is 17.0. The van der Waals surface area contributed by atoms with Crippen molar-refractivity contribution in [3.8, 4) is 0 Å². The highest BCUT2D eigenvalue weighted by atomic mass is 16.5. The van der Waals surface area contributed by atoms with E-state index in [2.05, 4.69) is 99.0 Å². The molecule has 0 saturated heterocycles. The summed E-state index contributed by atoms with van der Waals surface area (Å²) in [7, 11) is 0. The second-order valence-electron chi connectivity index (χ2n) is 18.6. The molecule has 0 radical (unpaired) electrons. The molecule has 6 heteroatoms. The van der Waals surface area contributed by atoms with Gasteiger partial charge in [-0.3, -0.25) is 9.59 Å². The molecule has 0 fully saturated rings. The summed E-state index contributed by atoms with van der Waals surface area (Å²) in [5.74, 6) is -0.535. The average molecular weight is 908 g/mol. The van der Waals surface area contributed by atoms with Crippen LogP contribution in [-0.4, -0.2) is 46.9 Å². The smallest absolute Gasteiger partial charge is 0.306 e. The van der Waals surface area contributed by atoms with Crippen LogP contribution in [0.25, 0.3) is 0 Å². The highest BCUT2D eigenvalue weighted by Gasteiger charge is 2.24. The Morgan fingerprint density at radius 3 is 1.32 bits per heavy atom. The number of aliphatic hydroxyl groups excluding tert-OH is 2. The number of nitrogens with one attached hydrogen (secondary N) is 1. The van der Waals surface area contributed by atoms with Gasteiger partial charge in [0.05, 0.1) is 25.2 Å². The fourth-order valence-electron chi connectivity index (χ4n) is 8.10. The third-order valence-corrected chi connectivity index (χ3v) is 12.3. The Kier molecular flexibility index (Phi) is 50.1. The number of allylic oxidation sites excluding steroid dienone is 12. The van der Waals surface area contributed by atoms with Crippen molar-refractivity contribution in [2.75, 3.05) is 6.61 Å². The molecule has 0 bridgehead atoms. The van der Waals surface area contributed by atoms with Crippen LogP contribution in [0.15, 0.2) is 72.9 Å². The van der Waals surface area contributed by atoms with Crippen LogP contribution in [0.3, 0.4) is 0 Å². The Morgan fingerprint density at radius 1 is 0.462 bits per heavy atom. The highest BCUT2D eigenvalue weighted by molar-refractivity contribution is 5.77. The quantitative estimate of drug-likeness (QED) is 0.0321. The number of ether oxygens (including phenoxy) is 1. The summed E-state index contributed by atoms with van der Waals surface area (Å²) in [4.78, 5) is 26.2. The number of aliphatic hydroxyl groups is 2. The first-order valence-electron chi connectivity index (χ1n) is 27.7. The van der Waals surface area contributed by atoms with Gasteiger partial charge in [-0.1, -0.05) is 235 Å². The molecule has 0 spiro atoms. The van der Waals surface area contributed by atoms with Gasteiger partial charge in [0.15, 0.2) is 0 Å². The van der Waals surface area contributed by atoms with Gasteiger partial charge in [-0.2, -0.15) is 0 Å². The Hall–Kier alpha value is -2.70. The molecule has 1 amide bonds. The molecule has 3 unspecified atom stereocenters. The van der Waals surface area contributed by atoms with Crippen molar-refractivity contribution < 1.29 is 24.5 Å². The van der Waals surface area contributed by atoms with Gasteiger partial charge >= 0.3 is 5.97 Å².